The first-order chi connectivity index (χ1) is 10.8. The topological polar surface area (TPSA) is 30.3 Å². The number of benzene rings is 2. The smallest absolute Gasteiger partial charge is 0.120 e. The van der Waals surface area contributed by atoms with Crippen molar-refractivity contribution < 1.29 is 4.74 Å². The Balaban J connectivity index is 1.79. The number of anilines is 1. The maximum atomic E-state index is 5.29. The minimum absolute atomic E-state index is 0.829. The van der Waals surface area contributed by atoms with E-state index in [9.17, 15) is 0 Å². The van der Waals surface area contributed by atoms with Crippen molar-refractivity contribution in [1.29, 1.82) is 0 Å². The second kappa shape index (κ2) is 6.35. The number of hydrogen-bond acceptors (Lipinski definition) is 3. The summed E-state index contributed by atoms with van der Waals surface area (Å²) in [4.78, 5) is 6.30. The number of ether oxygens (including phenoxy) is 1. The quantitative estimate of drug-likeness (QED) is 0.721. The molecule has 3 rings (SSSR count). The van der Waals surface area contributed by atoms with Crippen molar-refractivity contribution in [2.75, 3.05) is 19.1 Å². The molecule has 0 amide bonds. The van der Waals surface area contributed by atoms with Crippen molar-refractivity contribution in [3.63, 3.8) is 0 Å². The first-order valence-electron chi connectivity index (χ1n) is 7.19. The van der Waals surface area contributed by atoms with Crippen LogP contribution in [0.3, 0.4) is 0 Å². The lowest BCUT2D eigenvalue weighted by Crippen LogP contribution is -2.16. The fourth-order valence-corrected chi connectivity index (χ4v) is 2.44. The predicted octanol–water partition coefficient (Wildman–Crippen LogP) is 3.52. The maximum Gasteiger partial charge on any atom is 0.120 e. The maximum absolute atomic E-state index is 5.29. The zero-order valence-electron chi connectivity index (χ0n) is 12.8. The van der Waals surface area contributed by atoms with Crippen LogP contribution >= 0.6 is 0 Å². The molecule has 0 aliphatic rings. The van der Waals surface area contributed by atoms with E-state index in [-0.39, 0.29) is 0 Å². The van der Waals surface area contributed by atoms with Gasteiger partial charge in [0.15, 0.2) is 0 Å². The third kappa shape index (κ3) is 3.11. The fourth-order valence-electron chi connectivity index (χ4n) is 2.44. The molecule has 0 aliphatic heterocycles. The number of rotatable bonds is 5. The normalized spacial score (nSPS) is 10.5. The second-order valence-corrected chi connectivity index (χ2v) is 5.20. The molecule has 0 bridgehead atoms. The van der Waals surface area contributed by atoms with Crippen molar-refractivity contribution in [3.05, 3.63) is 72.8 Å². The van der Waals surface area contributed by atoms with Crippen LogP contribution in [0.15, 0.2) is 67.3 Å². The van der Waals surface area contributed by atoms with Gasteiger partial charge in [-0.25, -0.2) is 4.98 Å². The molecule has 1 aromatic heterocycles. The van der Waals surface area contributed by atoms with Crippen LogP contribution < -0.4 is 9.64 Å². The second-order valence-electron chi connectivity index (χ2n) is 5.20. The summed E-state index contributed by atoms with van der Waals surface area (Å²) in [6.45, 7) is 0.829. The molecule has 0 radical (unpaired) electrons. The summed E-state index contributed by atoms with van der Waals surface area (Å²) in [5.74, 6) is 0.872. The third-order valence-corrected chi connectivity index (χ3v) is 3.63. The number of nitrogens with zero attached hydrogens (tertiary/aromatic N) is 3. The molecule has 0 fully saturated rings. The Bertz CT molecular complexity index is 738. The van der Waals surface area contributed by atoms with Gasteiger partial charge in [0, 0.05) is 43.4 Å². The lowest BCUT2D eigenvalue weighted by Gasteiger charge is -2.20. The summed E-state index contributed by atoms with van der Waals surface area (Å²) >= 11 is 0. The molecule has 22 heavy (non-hydrogen) atoms. The number of aromatic nitrogens is 2. The zero-order valence-corrected chi connectivity index (χ0v) is 12.8. The van der Waals surface area contributed by atoms with E-state index in [0.717, 1.165) is 23.7 Å². The van der Waals surface area contributed by atoms with Gasteiger partial charge in [0.2, 0.25) is 0 Å². The van der Waals surface area contributed by atoms with Gasteiger partial charge in [-0.2, -0.15) is 0 Å². The molecule has 1 heterocycles. The van der Waals surface area contributed by atoms with E-state index in [4.69, 9.17) is 4.74 Å². The van der Waals surface area contributed by atoms with Gasteiger partial charge in [-0.15, -0.1) is 0 Å². The van der Waals surface area contributed by atoms with Gasteiger partial charge in [-0.1, -0.05) is 18.2 Å². The SMILES string of the molecule is COc1cccc(N(C)Cc2cccc(-n3ccnc3)c2)c1. The molecule has 2 aromatic carbocycles. The average Bonchev–Trinajstić information content (AvgIpc) is 3.10. The summed E-state index contributed by atoms with van der Waals surface area (Å²) in [6, 6.07) is 16.6. The molecule has 4 heteroatoms. The van der Waals surface area contributed by atoms with Gasteiger partial charge in [0.05, 0.1) is 13.4 Å². The van der Waals surface area contributed by atoms with Crippen LogP contribution in [0, 0.1) is 0 Å². The molecule has 0 N–H and O–H groups in total. The van der Waals surface area contributed by atoms with Crippen molar-refractivity contribution in [1.82, 2.24) is 9.55 Å². The Kier molecular flexibility index (Phi) is 4.10. The monoisotopic (exact) mass is 293 g/mol. The van der Waals surface area contributed by atoms with Gasteiger partial charge < -0.3 is 14.2 Å². The Morgan fingerprint density at radius 2 is 2.00 bits per heavy atom. The number of imidazole rings is 1. The summed E-state index contributed by atoms with van der Waals surface area (Å²) < 4.78 is 7.30. The Labute approximate surface area is 130 Å². The molecule has 0 atom stereocenters. The van der Waals surface area contributed by atoms with Gasteiger partial charge in [-0.3, -0.25) is 0 Å². The summed E-state index contributed by atoms with van der Waals surface area (Å²) in [5, 5.41) is 0. The van der Waals surface area contributed by atoms with E-state index in [1.807, 2.05) is 35.3 Å². The van der Waals surface area contributed by atoms with Crippen LogP contribution in [-0.2, 0) is 6.54 Å². The Morgan fingerprint density at radius 1 is 1.14 bits per heavy atom. The van der Waals surface area contributed by atoms with Crippen molar-refractivity contribution in [2.45, 2.75) is 6.54 Å². The highest BCUT2D eigenvalue weighted by Crippen LogP contribution is 2.22. The highest BCUT2D eigenvalue weighted by atomic mass is 16.5. The van der Waals surface area contributed by atoms with E-state index in [1.54, 1.807) is 13.3 Å². The molecular weight excluding hydrogens is 274 g/mol. The van der Waals surface area contributed by atoms with Crippen LogP contribution in [0.2, 0.25) is 0 Å². The van der Waals surface area contributed by atoms with E-state index < -0.39 is 0 Å². The number of methoxy groups -OCH3 is 1. The molecule has 0 spiro atoms. The first kappa shape index (κ1) is 14.2. The van der Waals surface area contributed by atoms with Crippen LogP contribution in [0.25, 0.3) is 5.69 Å². The van der Waals surface area contributed by atoms with Crippen molar-refractivity contribution in [3.8, 4) is 11.4 Å². The summed E-state index contributed by atoms with van der Waals surface area (Å²) in [6.07, 6.45) is 5.55. The molecular formula is C18H19N3O. The van der Waals surface area contributed by atoms with Gasteiger partial charge in [-0.05, 0) is 29.8 Å². The molecule has 0 unspecified atom stereocenters. The molecule has 0 aliphatic carbocycles. The molecule has 112 valence electrons. The molecule has 0 saturated carbocycles. The fraction of sp³-hybridized carbons (Fsp3) is 0.167. The molecule has 3 aromatic rings. The van der Waals surface area contributed by atoms with E-state index in [1.165, 1.54) is 5.56 Å². The van der Waals surface area contributed by atoms with E-state index in [2.05, 4.69) is 47.3 Å². The zero-order chi connectivity index (χ0) is 15.4. The van der Waals surface area contributed by atoms with Crippen LogP contribution in [-0.4, -0.2) is 23.7 Å². The van der Waals surface area contributed by atoms with E-state index >= 15 is 0 Å². The Hall–Kier alpha value is -2.75. The predicted molar refractivity (Wildman–Crippen MR) is 88.7 cm³/mol. The lowest BCUT2D eigenvalue weighted by molar-refractivity contribution is 0.415. The average molecular weight is 293 g/mol. The van der Waals surface area contributed by atoms with Crippen LogP contribution in [0.1, 0.15) is 5.56 Å². The standard InChI is InChI=1S/C18H19N3O/c1-20(16-6-4-8-18(12-16)22-2)13-15-5-3-7-17(11-15)21-10-9-19-14-21/h3-12,14H,13H2,1-2H3. The highest BCUT2D eigenvalue weighted by molar-refractivity contribution is 5.51. The largest absolute Gasteiger partial charge is 0.497 e. The summed E-state index contributed by atoms with van der Waals surface area (Å²) in [7, 11) is 3.77. The van der Waals surface area contributed by atoms with Crippen LogP contribution in [0.5, 0.6) is 5.75 Å². The van der Waals surface area contributed by atoms with Crippen molar-refractivity contribution in [2.24, 2.45) is 0 Å². The Morgan fingerprint density at radius 3 is 2.77 bits per heavy atom. The van der Waals surface area contributed by atoms with Crippen molar-refractivity contribution >= 4 is 5.69 Å². The van der Waals surface area contributed by atoms with E-state index in [0.29, 0.717) is 0 Å². The number of hydrogen-bond donors (Lipinski definition) is 0. The lowest BCUT2D eigenvalue weighted by atomic mass is 10.1. The minimum atomic E-state index is 0.829. The van der Waals surface area contributed by atoms with Gasteiger partial charge >= 0.3 is 0 Å². The van der Waals surface area contributed by atoms with Gasteiger partial charge in [0.1, 0.15) is 5.75 Å². The van der Waals surface area contributed by atoms with Crippen LogP contribution in [0.4, 0.5) is 5.69 Å². The summed E-state index contributed by atoms with van der Waals surface area (Å²) in [5.41, 5.74) is 3.50. The molecule has 4 nitrogen and oxygen atoms in total. The third-order valence-electron chi connectivity index (χ3n) is 3.63. The minimum Gasteiger partial charge on any atom is -0.497 e. The highest BCUT2D eigenvalue weighted by Gasteiger charge is 2.05. The first-order valence-corrected chi connectivity index (χ1v) is 7.19. The van der Waals surface area contributed by atoms with Gasteiger partial charge in [0.25, 0.3) is 0 Å². The molecule has 0 saturated heterocycles.